The number of aryl methyl sites for hydroxylation is 1. The van der Waals surface area contributed by atoms with Gasteiger partial charge >= 0.3 is 0 Å². The third-order valence-corrected chi connectivity index (χ3v) is 5.36. The molecule has 0 unspecified atom stereocenters. The number of rotatable bonds is 8. The number of aromatic nitrogens is 4. The fourth-order valence-corrected chi connectivity index (χ4v) is 3.70. The number of nitrogens with zero attached hydrogens (tertiary/aromatic N) is 4. The normalized spacial score (nSPS) is 10.6. The van der Waals surface area contributed by atoms with Crippen molar-refractivity contribution in [2.45, 2.75) is 18.7 Å². The molecule has 1 amide bonds. The van der Waals surface area contributed by atoms with Crippen molar-refractivity contribution in [2.75, 3.05) is 11.1 Å². The summed E-state index contributed by atoms with van der Waals surface area (Å²) in [6, 6.07) is 23.0. The van der Waals surface area contributed by atoms with Crippen molar-refractivity contribution in [1.82, 2.24) is 19.7 Å². The van der Waals surface area contributed by atoms with Gasteiger partial charge in [-0.1, -0.05) is 54.2 Å². The van der Waals surface area contributed by atoms with Gasteiger partial charge in [-0.25, -0.2) is 4.98 Å². The van der Waals surface area contributed by atoms with Gasteiger partial charge in [0, 0.05) is 11.9 Å². The molecule has 0 atom stereocenters. The summed E-state index contributed by atoms with van der Waals surface area (Å²) in [5.74, 6) is 1.99. The molecular weight excluding hydrogens is 410 g/mol. The molecular formula is C23H21N5O2S. The van der Waals surface area contributed by atoms with Crippen LogP contribution in [0.3, 0.4) is 0 Å². The van der Waals surface area contributed by atoms with Gasteiger partial charge in [0.15, 0.2) is 11.0 Å². The van der Waals surface area contributed by atoms with Crippen molar-refractivity contribution in [3.8, 4) is 11.4 Å². The van der Waals surface area contributed by atoms with Crippen LogP contribution in [0.25, 0.3) is 5.69 Å². The molecule has 8 heteroatoms. The topological polar surface area (TPSA) is 81.9 Å². The first-order valence-corrected chi connectivity index (χ1v) is 10.7. The first kappa shape index (κ1) is 20.6. The van der Waals surface area contributed by atoms with E-state index in [0.717, 1.165) is 17.0 Å². The van der Waals surface area contributed by atoms with Crippen molar-refractivity contribution in [2.24, 2.45) is 0 Å². The second-order valence-electron chi connectivity index (χ2n) is 6.68. The molecule has 4 aromatic rings. The number of carbonyl (C=O) groups excluding carboxylic acids is 1. The number of amides is 1. The van der Waals surface area contributed by atoms with E-state index in [4.69, 9.17) is 4.74 Å². The van der Waals surface area contributed by atoms with E-state index in [1.165, 1.54) is 11.8 Å². The van der Waals surface area contributed by atoms with Crippen LogP contribution in [0, 0.1) is 6.92 Å². The average molecular weight is 432 g/mol. The van der Waals surface area contributed by atoms with Gasteiger partial charge in [-0.05, 0) is 42.8 Å². The lowest BCUT2D eigenvalue weighted by atomic mass is 10.2. The van der Waals surface area contributed by atoms with E-state index < -0.39 is 0 Å². The lowest BCUT2D eigenvalue weighted by molar-refractivity contribution is -0.113. The smallest absolute Gasteiger partial charge is 0.236 e. The summed E-state index contributed by atoms with van der Waals surface area (Å²) >= 11 is 1.31. The highest BCUT2D eigenvalue weighted by atomic mass is 32.2. The fourth-order valence-electron chi connectivity index (χ4n) is 2.93. The molecule has 1 N–H and O–H groups in total. The molecule has 0 fully saturated rings. The molecule has 0 saturated carbocycles. The van der Waals surface area contributed by atoms with Crippen molar-refractivity contribution in [3.63, 3.8) is 0 Å². The van der Waals surface area contributed by atoms with Crippen LogP contribution in [0.4, 0.5) is 5.82 Å². The maximum Gasteiger partial charge on any atom is 0.236 e. The fraction of sp³-hybridized carbons (Fsp3) is 0.130. The van der Waals surface area contributed by atoms with E-state index in [1.807, 2.05) is 72.2 Å². The Hall–Kier alpha value is -3.65. The Morgan fingerprint density at radius 1 is 1.00 bits per heavy atom. The number of carbonyl (C=O) groups is 1. The molecule has 31 heavy (non-hydrogen) atoms. The van der Waals surface area contributed by atoms with Crippen LogP contribution in [0.5, 0.6) is 5.75 Å². The monoisotopic (exact) mass is 431 g/mol. The van der Waals surface area contributed by atoms with Gasteiger partial charge in [-0.2, -0.15) is 0 Å². The molecule has 0 aliphatic heterocycles. The zero-order chi connectivity index (χ0) is 21.5. The third-order valence-electron chi connectivity index (χ3n) is 4.43. The lowest BCUT2D eigenvalue weighted by Crippen LogP contribution is -2.15. The van der Waals surface area contributed by atoms with Crippen molar-refractivity contribution >= 4 is 23.5 Å². The zero-order valence-electron chi connectivity index (χ0n) is 16.9. The van der Waals surface area contributed by atoms with E-state index in [-0.39, 0.29) is 18.3 Å². The Balaban J connectivity index is 1.51. The molecule has 7 nitrogen and oxygen atoms in total. The van der Waals surface area contributed by atoms with E-state index in [9.17, 15) is 4.79 Å². The quantitative estimate of drug-likeness (QED) is 0.419. The maximum absolute atomic E-state index is 12.3. The van der Waals surface area contributed by atoms with Gasteiger partial charge in [0.1, 0.15) is 18.2 Å². The van der Waals surface area contributed by atoms with Gasteiger partial charge in [0.05, 0.1) is 5.75 Å². The Bertz CT molecular complexity index is 1150. The number of anilines is 1. The number of benzene rings is 2. The third kappa shape index (κ3) is 5.29. The number of nitrogens with one attached hydrogen (secondary N) is 1. The van der Waals surface area contributed by atoms with Crippen LogP contribution >= 0.6 is 11.8 Å². The second-order valence-corrected chi connectivity index (χ2v) is 7.62. The summed E-state index contributed by atoms with van der Waals surface area (Å²) in [4.78, 5) is 16.4. The van der Waals surface area contributed by atoms with E-state index >= 15 is 0 Å². The number of hydrogen-bond donors (Lipinski definition) is 1. The number of thioether (sulfide) groups is 1. The van der Waals surface area contributed by atoms with Crippen molar-refractivity contribution in [3.05, 3.63) is 90.4 Å². The number of ether oxygens (including phenoxy) is 1. The minimum Gasteiger partial charge on any atom is -0.485 e. The van der Waals surface area contributed by atoms with Crippen LogP contribution in [0.1, 0.15) is 11.4 Å². The molecule has 4 rings (SSSR count). The summed E-state index contributed by atoms with van der Waals surface area (Å²) in [5.41, 5.74) is 1.96. The molecule has 2 heterocycles. The van der Waals surface area contributed by atoms with Gasteiger partial charge < -0.3 is 10.1 Å². The molecule has 0 spiro atoms. The number of hydrogen-bond acceptors (Lipinski definition) is 6. The van der Waals surface area contributed by atoms with Crippen LogP contribution < -0.4 is 10.1 Å². The van der Waals surface area contributed by atoms with Crippen LogP contribution in [-0.2, 0) is 11.4 Å². The second kappa shape index (κ2) is 9.90. The number of para-hydroxylation sites is 2. The molecule has 156 valence electrons. The maximum atomic E-state index is 12.3. The molecule has 2 aromatic heterocycles. The SMILES string of the molecule is Cc1ccccc1OCc1nnc(SCC(=O)Nc2ccccn2)n1-c1ccccc1. The van der Waals surface area contributed by atoms with Crippen LogP contribution in [0.2, 0.25) is 0 Å². The van der Waals surface area contributed by atoms with Gasteiger partial charge in [-0.15, -0.1) is 10.2 Å². The molecule has 0 radical (unpaired) electrons. The first-order valence-electron chi connectivity index (χ1n) is 9.72. The molecule has 0 aliphatic rings. The predicted molar refractivity (Wildman–Crippen MR) is 120 cm³/mol. The van der Waals surface area contributed by atoms with Gasteiger partial charge in [-0.3, -0.25) is 9.36 Å². The minimum atomic E-state index is -0.163. The van der Waals surface area contributed by atoms with E-state index in [0.29, 0.717) is 16.8 Å². The average Bonchev–Trinajstić information content (AvgIpc) is 3.21. The Morgan fingerprint density at radius 2 is 1.77 bits per heavy atom. The first-order chi connectivity index (χ1) is 15.2. The standard InChI is InChI=1S/C23H21N5O2S/c1-17-9-5-6-12-19(17)30-15-21-26-27-23(28(21)18-10-3-2-4-11-18)31-16-22(29)25-20-13-7-8-14-24-20/h2-14H,15-16H2,1H3,(H,24,25,29). The Morgan fingerprint density at radius 3 is 2.55 bits per heavy atom. The van der Waals surface area contributed by atoms with Crippen molar-refractivity contribution in [1.29, 1.82) is 0 Å². The van der Waals surface area contributed by atoms with E-state index in [2.05, 4.69) is 20.5 Å². The summed E-state index contributed by atoms with van der Waals surface area (Å²) in [6.07, 6.45) is 1.63. The zero-order valence-corrected chi connectivity index (χ0v) is 17.7. The van der Waals surface area contributed by atoms with Crippen molar-refractivity contribution < 1.29 is 9.53 Å². The summed E-state index contributed by atoms with van der Waals surface area (Å²) in [6.45, 7) is 2.26. The largest absolute Gasteiger partial charge is 0.485 e. The lowest BCUT2D eigenvalue weighted by Gasteiger charge is -2.12. The van der Waals surface area contributed by atoms with E-state index in [1.54, 1.807) is 18.3 Å². The predicted octanol–water partition coefficient (Wildman–Crippen LogP) is 4.28. The van der Waals surface area contributed by atoms with Gasteiger partial charge in [0.25, 0.3) is 0 Å². The minimum absolute atomic E-state index is 0.163. The number of pyridine rings is 1. The van der Waals surface area contributed by atoms with Crippen LogP contribution in [-0.4, -0.2) is 31.4 Å². The molecule has 0 bridgehead atoms. The summed E-state index contributed by atoms with van der Waals surface area (Å²) < 4.78 is 7.90. The van der Waals surface area contributed by atoms with Crippen LogP contribution in [0.15, 0.2) is 84.1 Å². The summed E-state index contributed by atoms with van der Waals surface area (Å²) in [5, 5.41) is 12.0. The highest BCUT2D eigenvalue weighted by Gasteiger charge is 2.17. The summed E-state index contributed by atoms with van der Waals surface area (Å²) in [7, 11) is 0. The molecule has 0 aliphatic carbocycles. The van der Waals surface area contributed by atoms with Gasteiger partial charge in [0.2, 0.25) is 5.91 Å². The Kier molecular flexibility index (Phi) is 6.59. The molecule has 0 saturated heterocycles. The highest BCUT2D eigenvalue weighted by Crippen LogP contribution is 2.24. The molecule has 2 aromatic carbocycles. The Labute approximate surface area is 184 Å². The highest BCUT2D eigenvalue weighted by molar-refractivity contribution is 7.99.